The largest absolute Gasteiger partial charge is 0.380 e. The fourth-order valence-corrected chi connectivity index (χ4v) is 2.83. The molecule has 0 amide bonds. The molecule has 3 heteroatoms. The minimum Gasteiger partial charge on any atom is -0.380 e. The Labute approximate surface area is 98.5 Å². The van der Waals surface area contributed by atoms with E-state index in [0.717, 1.165) is 18.5 Å². The summed E-state index contributed by atoms with van der Waals surface area (Å²) in [4.78, 5) is 2.74. The van der Waals surface area contributed by atoms with Gasteiger partial charge in [0.15, 0.2) is 0 Å². The van der Waals surface area contributed by atoms with E-state index < -0.39 is 0 Å². The van der Waals surface area contributed by atoms with Gasteiger partial charge in [-0.2, -0.15) is 0 Å². The van der Waals surface area contributed by atoms with Gasteiger partial charge in [-0.1, -0.05) is 0 Å². The molecule has 0 aromatic rings. The van der Waals surface area contributed by atoms with Gasteiger partial charge in [0.1, 0.15) is 0 Å². The van der Waals surface area contributed by atoms with Gasteiger partial charge >= 0.3 is 0 Å². The van der Waals surface area contributed by atoms with Crippen LogP contribution in [0.25, 0.3) is 0 Å². The summed E-state index contributed by atoms with van der Waals surface area (Å²) in [5.74, 6) is 1.03. The third-order valence-corrected chi connectivity index (χ3v) is 4.22. The number of hydrogen-bond acceptors (Lipinski definition) is 3. The number of ether oxygens (including phenoxy) is 1. The average Bonchev–Trinajstić information content (AvgIpc) is 3.17. The molecule has 2 saturated carbocycles. The Bertz CT molecular complexity index is 238. The van der Waals surface area contributed by atoms with Crippen LogP contribution >= 0.6 is 0 Å². The van der Waals surface area contributed by atoms with Crippen LogP contribution in [0, 0.1) is 5.92 Å². The molecule has 0 spiro atoms. The van der Waals surface area contributed by atoms with Crippen LogP contribution in [0.15, 0.2) is 0 Å². The molecule has 1 saturated heterocycles. The van der Waals surface area contributed by atoms with E-state index in [1.165, 1.54) is 45.2 Å². The van der Waals surface area contributed by atoms with E-state index in [1.807, 2.05) is 7.11 Å². The number of nitrogens with zero attached hydrogens (tertiary/aromatic N) is 1. The smallest absolute Gasteiger partial charge is 0.0711 e. The van der Waals surface area contributed by atoms with E-state index >= 15 is 0 Å². The minimum atomic E-state index is 0.451. The van der Waals surface area contributed by atoms with Crippen LogP contribution in [-0.4, -0.2) is 49.8 Å². The first-order chi connectivity index (χ1) is 7.85. The Morgan fingerprint density at radius 1 is 1.19 bits per heavy atom. The Hall–Kier alpha value is -0.120. The molecule has 3 aliphatic rings. The van der Waals surface area contributed by atoms with Crippen molar-refractivity contribution >= 4 is 0 Å². The van der Waals surface area contributed by atoms with E-state index in [2.05, 4.69) is 10.2 Å². The van der Waals surface area contributed by atoms with E-state index in [0.29, 0.717) is 12.1 Å². The quantitative estimate of drug-likeness (QED) is 0.734. The summed E-state index contributed by atoms with van der Waals surface area (Å²) in [5, 5.41) is 3.60. The molecule has 1 aliphatic heterocycles. The molecule has 2 unspecified atom stereocenters. The lowest BCUT2D eigenvalue weighted by Crippen LogP contribution is -2.39. The van der Waals surface area contributed by atoms with Crippen molar-refractivity contribution in [1.82, 2.24) is 10.2 Å². The third kappa shape index (κ3) is 2.76. The summed E-state index contributed by atoms with van der Waals surface area (Å²) in [6.07, 6.45) is 7.47. The maximum atomic E-state index is 5.41. The van der Waals surface area contributed by atoms with Crippen molar-refractivity contribution in [1.29, 1.82) is 0 Å². The molecule has 3 fully saturated rings. The lowest BCUT2D eigenvalue weighted by atomic mass is 10.2. The van der Waals surface area contributed by atoms with Crippen molar-refractivity contribution in [2.45, 2.75) is 50.3 Å². The lowest BCUT2D eigenvalue weighted by Gasteiger charge is -2.25. The van der Waals surface area contributed by atoms with Gasteiger partial charge in [0.25, 0.3) is 0 Å². The Balaban J connectivity index is 1.47. The summed E-state index contributed by atoms with van der Waals surface area (Å²) in [6.45, 7) is 3.66. The Morgan fingerprint density at radius 3 is 2.56 bits per heavy atom. The summed E-state index contributed by atoms with van der Waals surface area (Å²) in [7, 11) is 1.83. The summed E-state index contributed by atoms with van der Waals surface area (Å²) < 4.78 is 5.41. The van der Waals surface area contributed by atoms with Crippen LogP contribution in [0.4, 0.5) is 0 Å². The normalized spacial score (nSPS) is 34.9. The first kappa shape index (κ1) is 11.0. The van der Waals surface area contributed by atoms with Crippen LogP contribution in [0.3, 0.4) is 0 Å². The Kier molecular flexibility index (Phi) is 3.18. The highest BCUT2D eigenvalue weighted by molar-refractivity contribution is 4.92. The van der Waals surface area contributed by atoms with Crippen LogP contribution in [-0.2, 0) is 4.74 Å². The summed E-state index contributed by atoms with van der Waals surface area (Å²) in [6, 6.07) is 1.59. The zero-order valence-corrected chi connectivity index (χ0v) is 10.3. The van der Waals surface area contributed by atoms with Crippen molar-refractivity contribution in [2.75, 3.05) is 26.7 Å². The van der Waals surface area contributed by atoms with Crippen molar-refractivity contribution in [2.24, 2.45) is 5.92 Å². The van der Waals surface area contributed by atoms with Gasteiger partial charge in [-0.3, -0.25) is 4.90 Å². The highest BCUT2D eigenvalue weighted by Crippen LogP contribution is 2.35. The molecule has 0 aromatic carbocycles. The second kappa shape index (κ2) is 4.63. The standard InChI is InChI=1S/C13H24N2O/c1-16-13-6-11(14-7-13)9-15(12-4-5-12)8-10-2-3-10/h10-14H,2-9H2,1H3. The zero-order chi connectivity index (χ0) is 11.0. The van der Waals surface area contributed by atoms with Gasteiger partial charge in [0.2, 0.25) is 0 Å². The average molecular weight is 224 g/mol. The molecular weight excluding hydrogens is 200 g/mol. The maximum absolute atomic E-state index is 5.41. The van der Waals surface area contributed by atoms with Crippen LogP contribution < -0.4 is 5.32 Å². The molecule has 1 N–H and O–H groups in total. The van der Waals surface area contributed by atoms with E-state index in [-0.39, 0.29) is 0 Å². The minimum absolute atomic E-state index is 0.451. The van der Waals surface area contributed by atoms with Crippen LogP contribution in [0.1, 0.15) is 32.1 Å². The van der Waals surface area contributed by atoms with Crippen LogP contribution in [0.2, 0.25) is 0 Å². The van der Waals surface area contributed by atoms with Gasteiger partial charge in [-0.15, -0.1) is 0 Å². The highest BCUT2D eigenvalue weighted by Gasteiger charge is 2.36. The molecule has 0 aromatic heterocycles. The first-order valence-corrected chi connectivity index (χ1v) is 6.85. The molecule has 0 radical (unpaired) electrons. The first-order valence-electron chi connectivity index (χ1n) is 6.85. The third-order valence-electron chi connectivity index (χ3n) is 4.22. The molecule has 2 aliphatic carbocycles. The second-order valence-electron chi connectivity index (χ2n) is 5.83. The van der Waals surface area contributed by atoms with Crippen molar-refractivity contribution in [3.05, 3.63) is 0 Å². The lowest BCUT2D eigenvalue weighted by molar-refractivity contribution is 0.115. The number of rotatable bonds is 6. The summed E-state index contributed by atoms with van der Waals surface area (Å²) in [5.41, 5.74) is 0. The topological polar surface area (TPSA) is 24.5 Å². The fourth-order valence-electron chi connectivity index (χ4n) is 2.83. The fraction of sp³-hybridized carbons (Fsp3) is 1.00. The maximum Gasteiger partial charge on any atom is 0.0711 e. The van der Waals surface area contributed by atoms with Gasteiger partial charge < -0.3 is 10.1 Å². The summed E-state index contributed by atoms with van der Waals surface area (Å²) >= 11 is 0. The van der Waals surface area contributed by atoms with Gasteiger partial charge in [0, 0.05) is 38.8 Å². The molecule has 0 bridgehead atoms. The van der Waals surface area contributed by atoms with Crippen molar-refractivity contribution in [3.8, 4) is 0 Å². The predicted octanol–water partition coefficient (Wildman–Crippen LogP) is 1.24. The van der Waals surface area contributed by atoms with Gasteiger partial charge in [-0.25, -0.2) is 0 Å². The zero-order valence-electron chi connectivity index (χ0n) is 10.3. The SMILES string of the molecule is COC1CNC(CN(CC2CC2)C2CC2)C1. The molecule has 92 valence electrons. The number of nitrogens with one attached hydrogen (secondary N) is 1. The van der Waals surface area contributed by atoms with E-state index in [9.17, 15) is 0 Å². The molecule has 3 rings (SSSR count). The molecule has 3 nitrogen and oxygen atoms in total. The van der Waals surface area contributed by atoms with Gasteiger partial charge in [-0.05, 0) is 38.0 Å². The van der Waals surface area contributed by atoms with Gasteiger partial charge in [0.05, 0.1) is 6.10 Å². The van der Waals surface area contributed by atoms with E-state index in [4.69, 9.17) is 4.74 Å². The molecular formula is C13H24N2O. The van der Waals surface area contributed by atoms with E-state index in [1.54, 1.807) is 0 Å². The van der Waals surface area contributed by atoms with Crippen molar-refractivity contribution in [3.63, 3.8) is 0 Å². The molecule has 1 heterocycles. The van der Waals surface area contributed by atoms with Crippen LogP contribution in [0.5, 0.6) is 0 Å². The number of hydrogen-bond donors (Lipinski definition) is 1. The number of methoxy groups -OCH3 is 1. The monoisotopic (exact) mass is 224 g/mol. The molecule has 2 atom stereocenters. The van der Waals surface area contributed by atoms with Crippen molar-refractivity contribution < 1.29 is 4.74 Å². The Morgan fingerprint density at radius 2 is 2.00 bits per heavy atom. The molecule has 16 heavy (non-hydrogen) atoms. The highest BCUT2D eigenvalue weighted by atomic mass is 16.5. The second-order valence-corrected chi connectivity index (χ2v) is 5.83. The predicted molar refractivity (Wildman–Crippen MR) is 64.5 cm³/mol.